The first-order chi connectivity index (χ1) is 37.0. The lowest BCUT2D eigenvalue weighted by Crippen LogP contribution is -2.45. The Kier molecular flexibility index (Phi) is 63.9. The Bertz CT molecular complexity index is 1130. The first-order valence-electron chi connectivity index (χ1n) is 34.4. The highest BCUT2D eigenvalue weighted by Gasteiger charge is 2.20. The van der Waals surface area contributed by atoms with Gasteiger partial charge in [-0.15, -0.1) is 0 Å². The quantitative estimate of drug-likeness (QED) is 0.0320. The molecule has 2 unspecified atom stereocenters. The molecular formula is C69H135NO5. The number of unbranched alkanes of at least 4 members (excludes halogenated alkanes) is 52. The third-order valence-corrected chi connectivity index (χ3v) is 16.3. The zero-order valence-electron chi connectivity index (χ0n) is 51.1. The fourth-order valence-corrected chi connectivity index (χ4v) is 11.1. The van der Waals surface area contributed by atoms with Crippen LogP contribution in [0.25, 0.3) is 0 Å². The molecule has 0 aliphatic heterocycles. The van der Waals surface area contributed by atoms with Crippen LogP contribution < -0.4 is 5.32 Å². The summed E-state index contributed by atoms with van der Waals surface area (Å²) in [7, 11) is 0. The van der Waals surface area contributed by atoms with Crippen molar-refractivity contribution in [2.75, 3.05) is 13.2 Å². The van der Waals surface area contributed by atoms with Crippen molar-refractivity contribution < 1.29 is 24.5 Å². The fraction of sp³-hybridized carbons (Fsp3) is 0.942. The predicted molar refractivity (Wildman–Crippen MR) is 329 cm³/mol. The van der Waals surface area contributed by atoms with Gasteiger partial charge in [0.15, 0.2) is 0 Å². The van der Waals surface area contributed by atoms with Crippen molar-refractivity contribution in [1.82, 2.24) is 5.32 Å². The van der Waals surface area contributed by atoms with Crippen molar-refractivity contribution in [2.24, 2.45) is 0 Å². The molecule has 1 amide bonds. The molecule has 0 saturated carbocycles. The largest absolute Gasteiger partial charge is 0.466 e. The summed E-state index contributed by atoms with van der Waals surface area (Å²) in [5, 5.41) is 23.4. The van der Waals surface area contributed by atoms with Gasteiger partial charge in [-0.05, 0) is 51.4 Å². The van der Waals surface area contributed by atoms with Crippen molar-refractivity contribution in [3.8, 4) is 0 Å². The molecule has 0 aliphatic rings. The maximum Gasteiger partial charge on any atom is 0.305 e. The normalized spacial score (nSPS) is 12.5. The number of aliphatic hydroxyl groups excluding tert-OH is 2. The van der Waals surface area contributed by atoms with E-state index in [0.717, 1.165) is 44.9 Å². The number of nitrogens with one attached hydrogen (secondary N) is 1. The van der Waals surface area contributed by atoms with Gasteiger partial charge in [0.2, 0.25) is 5.91 Å². The maximum absolute atomic E-state index is 12.5. The Morgan fingerprint density at radius 3 is 0.947 bits per heavy atom. The standard InChI is InChI=1S/C69H135NO5/c1-3-5-7-9-11-13-15-17-19-21-23-24-25-26-28-29-33-37-41-45-49-53-57-61-67(72)66(65-71)70-68(73)62-58-54-50-46-42-38-34-31-32-36-40-44-48-52-56-60-64-75-69(74)63-59-55-51-47-43-39-35-30-27-22-20-18-16-14-12-10-8-6-4-2/h18,20,66-67,71-72H,3-17,19,21-65H2,1-2H3,(H,70,73)/b20-18-. The molecule has 3 N–H and O–H groups in total. The van der Waals surface area contributed by atoms with E-state index in [4.69, 9.17) is 4.74 Å². The van der Waals surface area contributed by atoms with Crippen LogP contribution in [0, 0.1) is 0 Å². The molecule has 0 saturated heterocycles. The number of allylic oxidation sites excluding steroid dienone is 2. The average molecular weight is 1060 g/mol. The Hall–Kier alpha value is -1.40. The lowest BCUT2D eigenvalue weighted by atomic mass is 10.0. The molecule has 0 bridgehead atoms. The molecule has 75 heavy (non-hydrogen) atoms. The van der Waals surface area contributed by atoms with E-state index in [1.807, 2.05) is 0 Å². The molecule has 0 spiro atoms. The molecule has 0 aromatic carbocycles. The number of hydrogen-bond acceptors (Lipinski definition) is 5. The topological polar surface area (TPSA) is 95.9 Å². The van der Waals surface area contributed by atoms with Crippen LogP contribution in [0.3, 0.4) is 0 Å². The van der Waals surface area contributed by atoms with Crippen molar-refractivity contribution in [1.29, 1.82) is 0 Å². The Morgan fingerprint density at radius 1 is 0.360 bits per heavy atom. The second-order valence-corrected chi connectivity index (χ2v) is 23.9. The van der Waals surface area contributed by atoms with Gasteiger partial charge in [0.25, 0.3) is 0 Å². The van der Waals surface area contributed by atoms with Gasteiger partial charge in [-0.3, -0.25) is 9.59 Å². The molecule has 2 atom stereocenters. The second kappa shape index (κ2) is 65.1. The van der Waals surface area contributed by atoms with Gasteiger partial charge in [0.05, 0.1) is 25.4 Å². The lowest BCUT2D eigenvalue weighted by Gasteiger charge is -2.22. The molecule has 446 valence electrons. The van der Waals surface area contributed by atoms with Gasteiger partial charge in [-0.2, -0.15) is 0 Å². The van der Waals surface area contributed by atoms with Gasteiger partial charge >= 0.3 is 5.97 Å². The Morgan fingerprint density at radius 2 is 0.627 bits per heavy atom. The van der Waals surface area contributed by atoms with Crippen molar-refractivity contribution in [3.05, 3.63) is 12.2 Å². The number of esters is 1. The lowest BCUT2D eigenvalue weighted by molar-refractivity contribution is -0.143. The SMILES string of the molecule is CCCCCCCC/C=C\CCCCCCCCCCCC(=O)OCCCCCCCCCCCCCCCCCCC(=O)NC(CO)C(O)CCCCCCCCCCCCCCCCCCCCCCCCC. The van der Waals surface area contributed by atoms with Crippen molar-refractivity contribution in [2.45, 2.75) is 405 Å². The summed E-state index contributed by atoms with van der Waals surface area (Å²) in [5.41, 5.74) is 0. The smallest absolute Gasteiger partial charge is 0.305 e. The first-order valence-corrected chi connectivity index (χ1v) is 34.4. The summed E-state index contributed by atoms with van der Waals surface area (Å²) >= 11 is 0. The molecule has 0 radical (unpaired) electrons. The van der Waals surface area contributed by atoms with Crippen LogP contribution in [0.2, 0.25) is 0 Å². The number of aliphatic hydroxyl groups is 2. The van der Waals surface area contributed by atoms with Crippen LogP contribution >= 0.6 is 0 Å². The van der Waals surface area contributed by atoms with Gasteiger partial charge < -0.3 is 20.3 Å². The summed E-state index contributed by atoms with van der Waals surface area (Å²) in [6, 6.07) is -0.548. The van der Waals surface area contributed by atoms with Crippen LogP contribution in [-0.4, -0.2) is 47.4 Å². The zero-order valence-corrected chi connectivity index (χ0v) is 51.1. The third-order valence-electron chi connectivity index (χ3n) is 16.3. The van der Waals surface area contributed by atoms with E-state index in [-0.39, 0.29) is 18.5 Å². The average Bonchev–Trinajstić information content (AvgIpc) is 3.41. The molecule has 0 heterocycles. The highest BCUT2D eigenvalue weighted by molar-refractivity contribution is 5.76. The number of amides is 1. The Balaban J connectivity index is 3.40. The maximum atomic E-state index is 12.5. The van der Waals surface area contributed by atoms with E-state index in [1.165, 1.54) is 315 Å². The molecule has 0 aromatic rings. The summed E-state index contributed by atoms with van der Waals surface area (Å²) < 4.78 is 5.50. The van der Waals surface area contributed by atoms with Crippen LogP contribution in [0.5, 0.6) is 0 Å². The summed E-state index contributed by atoms with van der Waals surface area (Å²) in [4.78, 5) is 24.7. The van der Waals surface area contributed by atoms with Gasteiger partial charge in [-0.1, -0.05) is 341 Å². The van der Waals surface area contributed by atoms with Crippen molar-refractivity contribution >= 4 is 11.9 Å². The molecule has 0 rings (SSSR count). The van der Waals surface area contributed by atoms with Crippen LogP contribution in [-0.2, 0) is 14.3 Å². The fourth-order valence-electron chi connectivity index (χ4n) is 11.1. The van der Waals surface area contributed by atoms with Crippen molar-refractivity contribution in [3.63, 3.8) is 0 Å². The Labute approximate surface area is 469 Å². The minimum absolute atomic E-state index is 0.00435. The number of ether oxygens (including phenoxy) is 1. The summed E-state index contributed by atoms with van der Waals surface area (Å²) in [5.74, 6) is -0.0324. The third kappa shape index (κ3) is 61.7. The number of rotatable bonds is 65. The highest BCUT2D eigenvalue weighted by atomic mass is 16.5. The van der Waals surface area contributed by atoms with Crippen LogP contribution in [0.1, 0.15) is 393 Å². The van der Waals surface area contributed by atoms with Crippen LogP contribution in [0.15, 0.2) is 12.2 Å². The van der Waals surface area contributed by atoms with E-state index >= 15 is 0 Å². The van der Waals surface area contributed by atoms with E-state index in [2.05, 4.69) is 31.3 Å². The first kappa shape index (κ1) is 73.6. The summed E-state index contributed by atoms with van der Waals surface area (Å²) in [6.45, 7) is 4.98. The summed E-state index contributed by atoms with van der Waals surface area (Å²) in [6.07, 6.45) is 79.5. The number of carbonyl (C=O) groups excluding carboxylic acids is 2. The minimum Gasteiger partial charge on any atom is -0.466 e. The predicted octanol–water partition coefficient (Wildman–Crippen LogP) is 22.0. The second-order valence-electron chi connectivity index (χ2n) is 23.9. The zero-order chi connectivity index (χ0) is 54.3. The molecule has 0 fully saturated rings. The molecule has 6 heteroatoms. The molecule has 0 aliphatic carbocycles. The monoisotopic (exact) mass is 1060 g/mol. The molecule has 6 nitrogen and oxygen atoms in total. The van der Waals surface area contributed by atoms with E-state index in [0.29, 0.717) is 25.9 Å². The minimum atomic E-state index is -0.670. The van der Waals surface area contributed by atoms with Gasteiger partial charge in [-0.25, -0.2) is 0 Å². The van der Waals surface area contributed by atoms with Gasteiger partial charge in [0.1, 0.15) is 0 Å². The molecule has 0 aromatic heterocycles. The molecular weight excluding hydrogens is 923 g/mol. The van der Waals surface area contributed by atoms with Gasteiger partial charge in [0, 0.05) is 12.8 Å². The van der Waals surface area contributed by atoms with E-state index in [1.54, 1.807) is 0 Å². The number of carbonyl (C=O) groups is 2. The van der Waals surface area contributed by atoms with Crippen LogP contribution in [0.4, 0.5) is 0 Å². The number of hydrogen-bond donors (Lipinski definition) is 3. The van der Waals surface area contributed by atoms with E-state index < -0.39 is 12.1 Å². The van der Waals surface area contributed by atoms with E-state index in [9.17, 15) is 19.8 Å². The highest BCUT2D eigenvalue weighted by Crippen LogP contribution is 2.19.